The lowest BCUT2D eigenvalue weighted by molar-refractivity contribution is -0.212. The van der Waals surface area contributed by atoms with E-state index in [1.54, 1.807) is 20.8 Å². The summed E-state index contributed by atoms with van der Waals surface area (Å²) < 4.78 is 11.3. The number of allylic oxidation sites excluding steroid dienone is 2. The number of amides is 1. The molecule has 0 aromatic rings. The molecule has 4 saturated carbocycles. The van der Waals surface area contributed by atoms with Gasteiger partial charge in [0.2, 0.25) is 0 Å². The van der Waals surface area contributed by atoms with Gasteiger partial charge in [-0.05, 0) is 125 Å². The maximum absolute atomic E-state index is 14.6. The predicted molar refractivity (Wildman–Crippen MR) is 177 cm³/mol. The zero-order valence-electron chi connectivity index (χ0n) is 30.4. The zero-order chi connectivity index (χ0) is 35.2. The summed E-state index contributed by atoms with van der Waals surface area (Å²) in [6.07, 6.45) is 7.88. The number of fused-ring (bicyclic) bond motifs is 7. The van der Waals surface area contributed by atoms with Crippen LogP contribution in [0.15, 0.2) is 11.6 Å². The van der Waals surface area contributed by atoms with Crippen LogP contribution < -0.4 is 5.32 Å². The Labute approximate surface area is 281 Å². The minimum atomic E-state index is -1.24. The van der Waals surface area contributed by atoms with E-state index in [9.17, 15) is 29.4 Å². The van der Waals surface area contributed by atoms with Gasteiger partial charge in [0.25, 0.3) is 0 Å². The second kappa shape index (κ2) is 11.3. The number of aliphatic hydroxyl groups is 1. The molecule has 0 saturated heterocycles. The molecule has 5 aliphatic rings. The van der Waals surface area contributed by atoms with E-state index < -0.39 is 53.2 Å². The smallest absolute Gasteiger partial charge is 0.408 e. The monoisotopic (exact) mass is 657 g/mol. The molecule has 47 heavy (non-hydrogen) atoms. The number of nitrogens with one attached hydrogen (secondary N) is 1. The minimum Gasteiger partial charge on any atom is -0.481 e. The van der Waals surface area contributed by atoms with Crippen LogP contribution in [-0.4, -0.2) is 58.4 Å². The van der Waals surface area contributed by atoms with Crippen molar-refractivity contribution >= 4 is 23.8 Å². The number of ketones is 1. The van der Waals surface area contributed by atoms with Gasteiger partial charge >= 0.3 is 18.0 Å². The van der Waals surface area contributed by atoms with E-state index >= 15 is 0 Å². The Bertz CT molecular complexity index is 1360. The number of ether oxygens (including phenoxy) is 2. The average Bonchev–Trinajstić information content (AvgIpc) is 2.94. The van der Waals surface area contributed by atoms with Gasteiger partial charge < -0.3 is 25.0 Å². The Kier molecular flexibility index (Phi) is 8.63. The van der Waals surface area contributed by atoms with Crippen LogP contribution in [0.25, 0.3) is 0 Å². The van der Waals surface area contributed by atoms with Gasteiger partial charge in [0, 0.05) is 11.3 Å². The van der Waals surface area contributed by atoms with Crippen LogP contribution in [0.1, 0.15) is 127 Å². The van der Waals surface area contributed by atoms with Crippen LogP contribution in [0, 0.1) is 50.2 Å². The minimum absolute atomic E-state index is 0.000417. The van der Waals surface area contributed by atoms with Crippen LogP contribution >= 0.6 is 0 Å². The van der Waals surface area contributed by atoms with Crippen LogP contribution in [0.5, 0.6) is 0 Å². The molecule has 5 aliphatic carbocycles. The number of aliphatic carboxylic acids is 1. The lowest BCUT2D eigenvalue weighted by Crippen LogP contribution is -2.67. The van der Waals surface area contributed by atoms with Crippen LogP contribution in [-0.2, 0) is 23.9 Å². The van der Waals surface area contributed by atoms with Gasteiger partial charge in [-0.1, -0.05) is 47.1 Å². The fraction of sp³-hybridized carbons (Fsp3) is 0.842. The average molecular weight is 658 g/mol. The van der Waals surface area contributed by atoms with Crippen molar-refractivity contribution in [2.75, 3.05) is 6.61 Å². The highest BCUT2D eigenvalue weighted by Crippen LogP contribution is 2.75. The largest absolute Gasteiger partial charge is 0.481 e. The van der Waals surface area contributed by atoms with Crippen molar-refractivity contribution in [2.45, 2.75) is 145 Å². The molecule has 1 amide bonds. The number of carbonyl (C=O) groups excluding carboxylic acids is 3. The third kappa shape index (κ3) is 5.54. The Balaban J connectivity index is 1.42. The Morgan fingerprint density at radius 1 is 0.957 bits per heavy atom. The van der Waals surface area contributed by atoms with Crippen molar-refractivity contribution < 1.29 is 38.9 Å². The molecule has 9 heteroatoms. The summed E-state index contributed by atoms with van der Waals surface area (Å²) in [5.74, 6) is -1.28. The second-order valence-corrected chi connectivity index (χ2v) is 18.7. The van der Waals surface area contributed by atoms with E-state index in [0.29, 0.717) is 25.7 Å². The van der Waals surface area contributed by atoms with Gasteiger partial charge in [-0.25, -0.2) is 9.59 Å². The maximum atomic E-state index is 14.6. The zero-order valence-corrected chi connectivity index (χ0v) is 30.4. The third-order valence-electron chi connectivity index (χ3n) is 14.4. The number of aliphatic hydroxyl groups excluding tert-OH is 1. The Hall–Kier alpha value is -2.42. The fourth-order valence-corrected chi connectivity index (χ4v) is 11.4. The standard InChI is InChI=1S/C38H59NO8/c1-32(2,3)47-31(45)39-24(21-40)29(42)46-27-12-13-36(8)26(33(27,4)5)11-14-38(10)28(36)25(41)19-22-23-20-35(7,30(43)44)16-15-34(23,6)17-18-37(22,38)9/h19,23-24,26-28,40H,11-18,20-21H2,1-10H3,(H,39,45)(H,43,44)/t23-,24-,26-,27-,28+,34+,35-,36-,37+,38+/m0/s1. The molecular weight excluding hydrogens is 598 g/mol. The Morgan fingerprint density at radius 3 is 2.19 bits per heavy atom. The first-order valence-corrected chi connectivity index (χ1v) is 17.8. The summed E-state index contributed by atoms with van der Waals surface area (Å²) in [7, 11) is 0. The molecule has 0 spiro atoms. The highest BCUT2D eigenvalue weighted by atomic mass is 16.6. The topological polar surface area (TPSA) is 139 Å². The van der Waals surface area contributed by atoms with E-state index in [2.05, 4.69) is 46.9 Å². The highest BCUT2D eigenvalue weighted by Gasteiger charge is 2.70. The molecule has 3 N–H and O–H groups in total. The highest BCUT2D eigenvalue weighted by molar-refractivity contribution is 5.95. The molecule has 0 unspecified atom stereocenters. The molecular formula is C38H59NO8. The van der Waals surface area contributed by atoms with Crippen LogP contribution in [0.2, 0.25) is 0 Å². The van der Waals surface area contributed by atoms with Crippen molar-refractivity contribution in [3.8, 4) is 0 Å². The third-order valence-corrected chi connectivity index (χ3v) is 14.4. The molecule has 0 radical (unpaired) electrons. The summed E-state index contributed by atoms with van der Waals surface area (Å²) in [6, 6.07) is -1.24. The maximum Gasteiger partial charge on any atom is 0.408 e. The molecule has 0 aromatic carbocycles. The number of hydrogen-bond donors (Lipinski definition) is 3. The van der Waals surface area contributed by atoms with E-state index in [0.717, 1.165) is 32.1 Å². The number of esters is 1. The van der Waals surface area contributed by atoms with Crippen molar-refractivity contribution in [2.24, 2.45) is 50.2 Å². The van der Waals surface area contributed by atoms with E-state index in [4.69, 9.17) is 9.47 Å². The molecule has 4 fully saturated rings. The fourth-order valence-electron chi connectivity index (χ4n) is 11.4. The molecule has 0 heterocycles. The van der Waals surface area contributed by atoms with Gasteiger partial charge in [0.1, 0.15) is 11.7 Å². The van der Waals surface area contributed by atoms with E-state index in [-0.39, 0.29) is 45.2 Å². The molecule has 10 atom stereocenters. The van der Waals surface area contributed by atoms with Gasteiger partial charge in [0.05, 0.1) is 12.0 Å². The molecule has 5 rings (SSSR count). The van der Waals surface area contributed by atoms with Gasteiger partial charge in [0.15, 0.2) is 11.8 Å². The molecule has 0 bridgehead atoms. The molecule has 264 valence electrons. The lowest BCUT2D eigenvalue weighted by atomic mass is 9.33. The van der Waals surface area contributed by atoms with E-state index in [1.165, 1.54) is 5.57 Å². The van der Waals surface area contributed by atoms with E-state index in [1.807, 2.05) is 13.0 Å². The predicted octanol–water partition coefficient (Wildman–Crippen LogP) is 6.85. The normalized spacial score (nSPS) is 43.1. The first kappa shape index (κ1) is 35.9. The number of alkyl carbamates (subject to hydrolysis) is 1. The molecule has 0 aromatic heterocycles. The quantitative estimate of drug-likeness (QED) is 0.273. The number of hydrogen-bond acceptors (Lipinski definition) is 7. The van der Waals surface area contributed by atoms with Crippen molar-refractivity contribution in [3.05, 3.63) is 11.6 Å². The first-order valence-electron chi connectivity index (χ1n) is 17.8. The Morgan fingerprint density at radius 2 is 1.60 bits per heavy atom. The van der Waals surface area contributed by atoms with Crippen molar-refractivity contribution in [1.29, 1.82) is 0 Å². The molecule has 9 nitrogen and oxygen atoms in total. The molecule has 0 aliphatic heterocycles. The number of carboxylic acids is 1. The number of carboxylic acid groups (broad SMARTS) is 1. The van der Waals surface area contributed by atoms with Gasteiger partial charge in [-0.2, -0.15) is 0 Å². The van der Waals surface area contributed by atoms with Gasteiger partial charge in [-0.15, -0.1) is 0 Å². The summed E-state index contributed by atoms with van der Waals surface area (Å²) >= 11 is 0. The van der Waals surface area contributed by atoms with Gasteiger partial charge in [-0.3, -0.25) is 9.59 Å². The SMILES string of the molecule is CC(C)(C)OC(=O)N[C@@H](CO)C(=O)O[C@H]1CC[C@]2(C)[C@H]3C(=O)C=C4[C@@H]5C[C@@](C)(C(=O)O)CC[C@]5(C)CC[C@@]4(C)[C@]3(C)CC[C@H]2C1(C)C. The lowest BCUT2D eigenvalue weighted by Gasteiger charge is -2.70. The summed E-state index contributed by atoms with van der Waals surface area (Å²) in [6.45, 7) is 20.0. The second-order valence-electron chi connectivity index (χ2n) is 18.7. The van der Waals surface area contributed by atoms with Crippen molar-refractivity contribution in [1.82, 2.24) is 5.32 Å². The summed E-state index contributed by atoms with van der Waals surface area (Å²) in [5, 5.41) is 22.6. The summed E-state index contributed by atoms with van der Waals surface area (Å²) in [4.78, 5) is 52.6. The number of carbonyl (C=O) groups is 4. The summed E-state index contributed by atoms with van der Waals surface area (Å²) in [5.41, 5.74) is -1.63. The first-order chi connectivity index (χ1) is 21.5. The van der Waals surface area contributed by atoms with Crippen LogP contribution in [0.4, 0.5) is 4.79 Å². The van der Waals surface area contributed by atoms with Crippen molar-refractivity contribution in [3.63, 3.8) is 0 Å². The number of rotatable bonds is 5. The van der Waals surface area contributed by atoms with Crippen LogP contribution in [0.3, 0.4) is 0 Å².